The second-order valence-corrected chi connectivity index (χ2v) is 11.3. The molecule has 31 heavy (non-hydrogen) atoms. The minimum atomic E-state index is -3.69. The second kappa shape index (κ2) is 9.28. The third-order valence-corrected chi connectivity index (χ3v) is 8.82. The van der Waals surface area contributed by atoms with E-state index in [2.05, 4.69) is 17.6 Å². The van der Waals surface area contributed by atoms with Crippen molar-refractivity contribution in [1.29, 1.82) is 0 Å². The summed E-state index contributed by atoms with van der Waals surface area (Å²) in [6.07, 6.45) is 7.50. The number of amides is 2. The highest BCUT2D eigenvalue weighted by Crippen LogP contribution is 2.29. The average Bonchev–Trinajstić information content (AvgIpc) is 2.95. The zero-order chi connectivity index (χ0) is 22.0. The Labute approximate surface area is 185 Å². The minimum Gasteiger partial charge on any atom is -0.353 e. The molecule has 1 saturated heterocycles. The number of hydrogen-bond acceptors (Lipinski definition) is 4. The molecule has 4 rings (SSSR count). The van der Waals surface area contributed by atoms with E-state index in [1.165, 1.54) is 4.31 Å². The van der Waals surface area contributed by atoms with Crippen LogP contribution >= 0.6 is 0 Å². The maximum absolute atomic E-state index is 13.3. The van der Waals surface area contributed by atoms with Gasteiger partial charge in [-0.1, -0.05) is 6.92 Å². The Morgan fingerprint density at radius 1 is 1.10 bits per heavy atom. The van der Waals surface area contributed by atoms with Gasteiger partial charge in [-0.3, -0.25) is 9.59 Å². The fourth-order valence-electron chi connectivity index (χ4n) is 4.96. The van der Waals surface area contributed by atoms with Gasteiger partial charge in [0.05, 0.1) is 10.8 Å². The van der Waals surface area contributed by atoms with E-state index in [0.29, 0.717) is 37.9 Å². The molecule has 0 radical (unpaired) electrons. The number of rotatable bonds is 4. The molecule has 2 fully saturated rings. The molecule has 1 aromatic rings. The predicted octanol–water partition coefficient (Wildman–Crippen LogP) is 3.06. The van der Waals surface area contributed by atoms with Gasteiger partial charge in [0.1, 0.15) is 0 Å². The summed E-state index contributed by atoms with van der Waals surface area (Å²) in [5.74, 6) is 0.372. The van der Waals surface area contributed by atoms with E-state index in [4.69, 9.17) is 0 Å². The summed E-state index contributed by atoms with van der Waals surface area (Å²) in [7, 11) is -3.69. The molecule has 1 saturated carbocycles. The lowest BCUT2D eigenvalue weighted by molar-refractivity contribution is -0.127. The summed E-state index contributed by atoms with van der Waals surface area (Å²) < 4.78 is 28.1. The van der Waals surface area contributed by atoms with Gasteiger partial charge >= 0.3 is 0 Å². The fourth-order valence-corrected chi connectivity index (χ4v) is 6.53. The zero-order valence-corrected chi connectivity index (χ0v) is 19.0. The van der Waals surface area contributed by atoms with Gasteiger partial charge in [-0.25, -0.2) is 8.42 Å². The molecule has 3 aliphatic rings. The van der Waals surface area contributed by atoms with Crippen molar-refractivity contribution in [3.8, 4) is 0 Å². The summed E-state index contributed by atoms with van der Waals surface area (Å²) in [6.45, 7) is 2.91. The van der Waals surface area contributed by atoms with Crippen molar-refractivity contribution in [2.75, 3.05) is 18.4 Å². The largest absolute Gasteiger partial charge is 0.353 e. The van der Waals surface area contributed by atoms with E-state index in [1.807, 2.05) is 0 Å². The van der Waals surface area contributed by atoms with Crippen LogP contribution in [0, 0.1) is 11.8 Å². The molecule has 2 aliphatic heterocycles. The number of fused-ring (bicyclic) bond motifs is 1. The van der Waals surface area contributed by atoms with E-state index in [1.54, 1.807) is 18.2 Å². The van der Waals surface area contributed by atoms with E-state index in [-0.39, 0.29) is 35.2 Å². The Balaban J connectivity index is 1.44. The third kappa shape index (κ3) is 5.12. The first-order valence-electron chi connectivity index (χ1n) is 11.6. The normalized spacial score (nSPS) is 27.6. The number of sulfonamides is 1. The van der Waals surface area contributed by atoms with Gasteiger partial charge in [-0.15, -0.1) is 0 Å². The molecule has 2 amide bonds. The quantitative estimate of drug-likeness (QED) is 0.742. The van der Waals surface area contributed by atoms with E-state index >= 15 is 0 Å². The molecule has 0 spiro atoms. The van der Waals surface area contributed by atoms with Crippen LogP contribution in [0.4, 0.5) is 5.69 Å². The van der Waals surface area contributed by atoms with Crippen molar-refractivity contribution in [2.24, 2.45) is 11.8 Å². The molecule has 2 heterocycles. The highest BCUT2D eigenvalue weighted by molar-refractivity contribution is 7.89. The van der Waals surface area contributed by atoms with Gasteiger partial charge in [0, 0.05) is 31.2 Å². The van der Waals surface area contributed by atoms with Crippen LogP contribution in [0.25, 0.3) is 0 Å². The molecule has 1 aliphatic carbocycles. The number of carbonyl (C=O) groups is 2. The maximum Gasteiger partial charge on any atom is 0.243 e. The minimum absolute atomic E-state index is 0.0101. The molecular formula is C23H33N3O4S. The van der Waals surface area contributed by atoms with Crippen LogP contribution in [0.1, 0.15) is 63.9 Å². The number of nitrogens with one attached hydrogen (secondary N) is 2. The molecule has 1 unspecified atom stereocenters. The Hall–Kier alpha value is -1.93. The van der Waals surface area contributed by atoms with Gasteiger partial charge in [0.25, 0.3) is 0 Å². The lowest BCUT2D eigenvalue weighted by Gasteiger charge is -2.33. The number of piperidine rings is 1. The zero-order valence-electron chi connectivity index (χ0n) is 18.2. The smallest absolute Gasteiger partial charge is 0.243 e. The van der Waals surface area contributed by atoms with Crippen molar-refractivity contribution in [2.45, 2.75) is 75.6 Å². The highest BCUT2D eigenvalue weighted by atomic mass is 32.2. The summed E-state index contributed by atoms with van der Waals surface area (Å²) in [5, 5.41) is 6.02. The van der Waals surface area contributed by atoms with Crippen LogP contribution < -0.4 is 10.6 Å². The van der Waals surface area contributed by atoms with Crippen LogP contribution in [0.2, 0.25) is 0 Å². The number of hydrogen-bond donors (Lipinski definition) is 2. The lowest BCUT2D eigenvalue weighted by atomic mass is 9.87. The topological polar surface area (TPSA) is 95.6 Å². The van der Waals surface area contributed by atoms with E-state index in [0.717, 1.165) is 43.6 Å². The van der Waals surface area contributed by atoms with Crippen LogP contribution in [0.3, 0.4) is 0 Å². The molecule has 1 aromatic carbocycles. The second-order valence-electron chi connectivity index (χ2n) is 9.39. The van der Waals surface area contributed by atoms with Crippen LogP contribution in [0.15, 0.2) is 23.1 Å². The summed E-state index contributed by atoms with van der Waals surface area (Å²) in [6, 6.07) is 5.15. The number of carbonyl (C=O) groups excluding carboxylic acids is 2. The van der Waals surface area contributed by atoms with Gasteiger partial charge in [0.2, 0.25) is 21.8 Å². The Kier molecular flexibility index (Phi) is 6.67. The molecule has 2 N–H and O–H groups in total. The molecule has 170 valence electrons. The molecule has 0 bridgehead atoms. The van der Waals surface area contributed by atoms with Gasteiger partial charge in [-0.2, -0.15) is 4.31 Å². The van der Waals surface area contributed by atoms with Gasteiger partial charge in [0.15, 0.2) is 0 Å². The van der Waals surface area contributed by atoms with Crippen LogP contribution in [-0.2, 0) is 26.0 Å². The molecule has 8 heteroatoms. The molecule has 1 atom stereocenters. The Morgan fingerprint density at radius 3 is 2.65 bits per heavy atom. The van der Waals surface area contributed by atoms with Crippen LogP contribution in [0.5, 0.6) is 0 Å². The number of anilines is 1. The summed E-state index contributed by atoms with van der Waals surface area (Å²) in [5.41, 5.74) is 1.55. The third-order valence-electron chi connectivity index (χ3n) is 6.96. The standard InChI is InChI=1S/C23H33N3O4S/c1-16-7-9-19(10-8-16)24-23(28)18-5-3-13-26(15-18)31(29,30)20-11-12-21-17(14-20)4-2-6-22(27)25-21/h11-12,14,16,18-19H,2-10,13,15H2,1H3,(H,24,28)(H,25,27). The number of aryl methyl sites for hydroxylation is 1. The Bertz CT molecular complexity index is 938. The molecule has 7 nitrogen and oxygen atoms in total. The molecular weight excluding hydrogens is 414 g/mol. The first-order chi connectivity index (χ1) is 14.8. The summed E-state index contributed by atoms with van der Waals surface area (Å²) >= 11 is 0. The van der Waals surface area contributed by atoms with Gasteiger partial charge in [-0.05, 0) is 81.0 Å². The van der Waals surface area contributed by atoms with Crippen molar-refractivity contribution in [1.82, 2.24) is 9.62 Å². The monoisotopic (exact) mass is 447 g/mol. The van der Waals surface area contributed by atoms with Gasteiger partial charge < -0.3 is 10.6 Å². The van der Waals surface area contributed by atoms with Crippen molar-refractivity contribution < 1.29 is 18.0 Å². The van der Waals surface area contributed by atoms with E-state index < -0.39 is 10.0 Å². The molecule has 0 aromatic heterocycles. The van der Waals surface area contributed by atoms with Crippen molar-refractivity contribution in [3.05, 3.63) is 23.8 Å². The lowest BCUT2D eigenvalue weighted by Crippen LogP contribution is -2.48. The highest BCUT2D eigenvalue weighted by Gasteiger charge is 2.34. The summed E-state index contributed by atoms with van der Waals surface area (Å²) in [4.78, 5) is 24.8. The van der Waals surface area contributed by atoms with Crippen LogP contribution in [-0.4, -0.2) is 43.7 Å². The first-order valence-corrected chi connectivity index (χ1v) is 13.0. The van der Waals surface area contributed by atoms with Crippen molar-refractivity contribution in [3.63, 3.8) is 0 Å². The fraction of sp³-hybridized carbons (Fsp3) is 0.652. The first kappa shape index (κ1) is 22.3. The number of nitrogens with zero attached hydrogens (tertiary/aromatic N) is 1. The Morgan fingerprint density at radius 2 is 1.87 bits per heavy atom. The van der Waals surface area contributed by atoms with Crippen molar-refractivity contribution >= 4 is 27.5 Å². The number of benzene rings is 1. The predicted molar refractivity (Wildman–Crippen MR) is 119 cm³/mol. The maximum atomic E-state index is 13.3. The average molecular weight is 448 g/mol. The van der Waals surface area contributed by atoms with E-state index in [9.17, 15) is 18.0 Å². The SMILES string of the molecule is CC1CCC(NC(=O)C2CCCN(S(=O)(=O)c3ccc4c(c3)CCCC(=O)N4)C2)CC1.